The Kier molecular flexibility index (Phi) is 6.80. The molecule has 1 fully saturated rings. The van der Waals surface area contributed by atoms with Gasteiger partial charge in [0.15, 0.2) is 5.76 Å². The van der Waals surface area contributed by atoms with Crippen LogP contribution in [0.3, 0.4) is 0 Å². The van der Waals surface area contributed by atoms with Gasteiger partial charge in [0.05, 0.1) is 11.1 Å². The highest BCUT2D eigenvalue weighted by Gasteiger charge is 2.32. The van der Waals surface area contributed by atoms with Gasteiger partial charge in [-0.1, -0.05) is 35.9 Å². The second-order valence-corrected chi connectivity index (χ2v) is 8.98. The lowest BCUT2D eigenvalue weighted by atomic mass is 10.0. The van der Waals surface area contributed by atoms with Gasteiger partial charge < -0.3 is 19.5 Å². The molecule has 0 unspecified atom stereocenters. The lowest BCUT2D eigenvalue weighted by molar-refractivity contribution is -0.0499. The number of fused-ring (bicyclic) bond motifs is 1. The second kappa shape index (κ2) is 10.2. The number of allylic oxidation sites excluding steroid dienone is 1. The molecule has 2 heterocycles. The number of piperazine rings is 1. The van der Waals surface area contributed by atoms with E-state index in [1.54, 1.807) is 18.2 Å². The summed E-state index contributed by atoms with van der Waals surface area (Å²) in [6, 6.07) is 16.9. The average Bonchev–Trinajstić information content (AvgIpc) is 3.17. The van der Waals surface area contributed by atoms with E-state index in [1.165, 1.54) is 24.3 Å². The highest BCUT2D eigenvalue weighted by molar-refractivity contribution is 6.30. The van der Waals surface area contributed by atoms with Gasteiger partial charge in [-0.3, -0.25) is 9.69 Å². The number of anilines is 1. The van der Waals surface area contributed by atoms with Crippen molar-refractivity contribution in [2.24, 2.45) is 0 Å². The third-order valence-electron chi connectivity index (χ3n) is 6.27. The summed E-state index contributed by atoms with van der Waals surface area (Å²) in [7, 11) is 0. The maximum absolute atomic E-state index is 13.0. The maximum Gasteiger partial charge on any atom is 0.387 e. The third kappa shape index (κ3) is 5.01. The Morgan fingerprint density at radius 2 is 1.83 bits per heavy atom. The van der Waals surface area contributed by atoms with E-state index >= 15 is 0 Å². The van der Waals surface area contributed by atoms with Crippen molar-refractivity contribution >= 4 is 29.1 Å². The van der Waals surface area contributed by atoms with Crippen molar-refractivity contribution in [1.29, 1.82) is 0 Å². The number of Topliss-reactive ketones (excluding diaryl/α,β-unsaturated/α-hetero) is 1. The summed E-state index contributed by atoms with van der Waals surface area (Å²) in [6.45, 7) is 0.438. The van der Waals surface area contributed by atoms with Crippen molar-refractivity contribution in [3.8, 4) is 17.2 Å². The van der Waals surface area contributed by atoms with Crippen molar-refractivity contribution in [2.75, 3.05) is 31.1 Å². The van der Waals surface area contributed by atoms with Crippen LogP contribution in [-0.4, -0.2) is 48.6 Å². The van der Waals surface area contributed by atoms with Gasteiger partial charge in [0, 0.05) is 49.0 Å². The zero-order chi connectivity index (χ0) is 25.2. The largest absolute Gasteiger partial charge is 0.507 e. The van der Waals surface area contributed by atoms with E-state index in [1.807, 2.05) is 24.3 Å². The number of rotatable bonds is 6. The van der Waals surface area contributed by atoms with Crippen LogP contribution in [0.1, 0.15) is 21.5 Å². The van der Waals surface area contributed by atoms with Gasteiger partial charge in [-0.25, -0.2) is 0 Å². The third-order valence-corrected chi connectivity index (χ3v) is 6.50. The number of phenolic OH excluding ortho intramolecular Hbond substituents is 1. The molecule has 0 saturated carbocycles. The minimum atomic E-state index is -3.00. The summed E-state index contributed by atoms with van der Waals surface area (Å²) in [5.41, 5.74) is 2.18. The highest BCUT2D eigenvalue weighted by Crippen LogP contribution is 2.41. The average molecular weight is 513 g/mol. The predicted octanol–water partition coefficient (Wildman–Crippen LogP) is 5.59. The Bertz CT molecular complexity index is 1320. The smallest absolute Gasteiger partial charge is 0.387 e. The predicted molar refractivity (Wildman–Crippen MR) is 133 cm³/mol. The van der Waals surface area contributed by atoms with E-state index in [0.29, 0.717) is 22.7 Å². The second-order valence-electron chi connectivity index (χ2n) is 8.54. The van der Waals surface area contributed by atoms with Crippen LogP contribution in [-0.2, 0) is 6.54 Å². The summed E-state index contributed by atoms with van der Waals surface area (Å²) in [6.07, 6.45) is 1.38. The molecule has 1 saturated heterocycles. The molecule has 36 heavy (non-hydrogen) atoms. The SMILES string of the molecule is O=C1/C(=C/c2ccccc2OC(F)F)Oc2c1ccc(O)c2CN1CCN(c2cccc(Cl)c2)CC1. The first-order valence-electron chi connectivity index (χ1n) is 11.4. The number of para-hydroxylation sites is 1. The molecule has 2 aliphatic heterocycles. The number of hydrogen-bond acceptors (Lipinski definition) is 6. The summed E-state index contributed by atoms with van der Waals surface area (Å²) in [5.74, 6) is -0.151. The molecule has 5 rings (SSSR count). The first kappa shape index (κ1) is 24.1. The number of nitrogens with zero attached hydrogens (tertiary/aromatic N) is 2. The zero-order valence-corrected chi connectivity index (χ0v) is 19.9. The normalized spacial score (nSPS) is 16.9. The molecule has 186 valence electrons. The number of alkyl halides is 2. The van der Waals surface area contributed by atoms with Crippen molar-refractivity contribution in [3.05, 3.63) is 88.1 Å². The quantitative estimate of drug-likeness (QED) is 0.435. The summed E-state index contributed by atoms with van der Waals surface area (Å²) >= 11 is 6.13. The number of carbonyl (C=O) groups is 1. The minimum Gasteiger partial charge on any atom is -0.507 e. The fraction of sp³-hybridized carbons (Fsp3) is 0.222. The van der Waals surface area contributed by atoms with E-state index in [0.717, 1.165) is 31.9 Å². The Balaban J connectivity index is 1.34. The highest BCUT2D eigenvalue weighted by atomic mass is 35.5. The number of ketones is 1. The summed E-state index contributed by atoms with van der Waals surface area (Å²) in [5, 5.41) is 11.3. The van der Waals surface area contributed by atoms with Crippen LogP contribution in [0, 0.1) is 0 Å². The number of ether oxygens (including phenoxy) is 2. The molecule has 3 aromatic rings. The van der Waals surface area contributed by atoms with Crippen molar-refractivity contribution in [3.63, 3.8) is 0 Å². The van der Waals surface area contributed by atoms with E-state index in [4.69, 9.17) is 16.3 Å². The lowest BCUT2D eigenvalue weighted by Gasteiger charge is -2.36. The van der Waals surface area contributed by atoms with E-state index < -0.39 is 6.61 Å². The molecular formula is C27H23ClF2N2O4. The van der Waals surface area contributed by atoms with Crippen molar-refractivity contribution in [1.82, 2.24) is 4.90 Å². The topological polar surface area (TPSA) is 62.2 Å². The monoisotopic (exact) mass is 512 g/mol. The molecule has 0 atom stereocenters. The van der Waals surface area contributed by atoms with Crippen LogP contribution in [0.5, 0.6) is 17.2 Å². The van der Waals surface area contributed by atoms with Crippen molar-refractivity contribution in [2.45, 2.75) is 13.2 Å². The summed E-state index contributed by atoms with van der Waals surface area (Å²) in [4.78, 5) is 17.4. The van der Waals surface area contributed by atoms with Crippen LogP contribution in [0.4, 0.5) is 14.5 Å². The fourth-order valence-electron chi connectivity index (χ4n) is 4.45. The lowest BCUT2D eigenvalue weighted by Crippen LogP contribution is -2.46. The van der Waals surface area contributed by atoms with E-state index in [2.05, 4.69) is 14.5 Å². The molecule has 1 N–H and O–H groups in total. The molecule has 0 radical (unpaired) electrons. The molecule has 6 nitrogen and oxygen atoms in total. The van der Waals surface area contributed by atoms with E-state index in [-0.39, 0.29) is 34.4 Å². The van der Waals surface area contributed by atoms with Gasteiger partial charge in [0.2, 0.25) is 5.78 Å². The molecule has 9 heteroatoms. The van der Waals surface area contributed by atoms with Crippen LogP contribution >= 0.6 is 11.6 Å². The Morgan fingerprint density at radius 3 is 2.58 bits per heavy atom. The molecule has 2 aliphatic rings. The fourth-order valence-corrected chi connectivity index (χ4v) is 4.64. The van der Waals surface area contributed by atoms with E-state index in [9.17, 15) is 18.7 Å². The molecule has 0 amide bonds. The summed E-state index contributed by atoms with van der Waals surface area (Å²) < 4.78 is 36.0. The van der Waals surface area contributed by atoms with Crippen molar-refractivity contribution < 1.29 is 28.2 Å². The molecule has 0 spiro atoms. The van der Waals surface area contributed by atoms with Crippen LogP contribution < -0.4 is 14.4 Å². The number of benzene rings is 3. The Labute approximate surface area is 211 Å². The number of hydrogen-bond donors (Lipinski definition) is 1. The standard InChI is InChI=1S/C27H23ClF2N2O4/c28-18-5-3-6-19(15-18)32-12-10-31(11-13-32)16-21-22(33)9-8-20-25(34)24(35-26(20)21)14-17-4-1-2-7-23(17)36-27(29)30/h1-9,14-15,27,33H,10-13,16H2/b24-14-. The van der Waals surface area contributed by atoms with Gasteiger partial charge >= 0.3 is 6.61 Å². The minimum absolute atomic E-state index is 0.0204. The zero-order valence-electron chi connectivity index (χ0n) is 19.2. The van der Waals surface area contributed by atoms with Crippen LogP contribution in [0.2, 0.25) is 5.02 Å². The molecule has 0 aromatic heterocycles. The van der Waals surface area contributed by atoms with Gasteiger partial charge in [-0.2, -0.15) is 8.78 Å². The molecular weight excluding hydrogens is 490 g/mol. The van der Waals surface area contributed by atoms with Gasteiger partial charge in [0.1, 0.15) is 17.2 Å². The molecule has 3 aromatic carbocycles. The van der Waals surface area contributed by atoms with Gasteiger partial charge in [-0.15, -0.1) is 0 Å². The van der Waals surface area contributed by atoms with Gasteiger partial charge in [0.25, 0.3) is 0 Å². The van der Waals surface area contributed by atoms with Crippen LogP contribution in [0.25, 0.3) is 6.08 Å². The number of phenols is 1. The maximum atomic E-state index is 13.0. The first-order chi connectivity index (χ1) is 17.4. The number of carbonyl (C=O) groups excluding carboxylic acids is 1. The Morgan fingerprint density at radius 1 is 1.06 bits per heavy atom. The molecule has 0 aliphatic carbocycles. The first-order valence-corrected chi connectivity index (χ1v) is 11.8. The Hall–Kier alpha value is -3.62. The van der Waals surface area contributed by atoms with Gasteiger partial charge in [-0.05, 0) is 42.5 Å². The number of aromatic hydroxyl groups is 1. The number of halogens is 3. The molecule has 0 bridgehead atoms. The van der Waals surface area contributed by atoms with Crippen LogP contribution in [0.15, 0.2) is 66.4 Å².